The summed E-state index contributed by atoms with van der Waals surface area (Å²) < 4.78 is 5.23. The molecule has 136 valence electrons. The van der Waals surface area contributed by atoms with Gasteiger partial charge in [0.1, 0.15) is 6.04 Å². The second-order valence-electron chi connectivity index (χ2n) is 6.05. The molecule has 1 heterocycles. The van der Waals surface area contributed by atoms with E-state index in [2.05, 4.69) is 5.32 Å². The fourth-order valence-electron chi connectivity index (χ4n) is 2.51. The van der Waals surface area contributed by atoms with Gasteiger partial charge in [0.15, 0.2) is 0 Å². The fourth-order valence-corrected chi connectivity index (χ4v) is 2.72. The lowest BCUT2D eigenvalue weighted by atomic mass is 10.0. The number of rotatable bonds is 5. The molecular weight excluding hydrogens is 350 g/mol. The third-order valence-electron chi connectivity index (χ3n) is 3.95. The molecule has 1 aliphatic heterocycles. The highest BCUT2D eigenvalue weighted by molar-refractivity contribution is 6.34. The largest absolute Gasteiger partial charge is 0.378 e. The van der Waals surface area contributed by atoms with Gasteiger partial charge in [0, 0.05) is 25.2 Å². The lowest BCUT2D eigenvalue weighted by Gasteiger charge is -2.32. The number of carbonyl (C=O) groups is 2. The Balaban J connectivity index is 2.19. The third-order valence-corrected chi connectivity index (χ3v) is 4.28. The lowest BCUT2D eigenvalue weighted by molar-refractivity contribution is -0.384. The molecule has 1 aromatic rings. The second-order valence-corrected chi connectivity index (χ2v) is 6.46. The predicted molar refractivity (Wildman–Crippen MR) is 91.6 cm³/mol. The number of ether oxygens (including phenoxy) is 1. The van der Waals surface area contributed by atoms with Crippen LogP contribution in [0.3, 0.4) is 0 Å². The van der Waals surface area contributed by atoms with Gasteiger partial charge in [-0.05, 0) is 12.0 Å². The lowest BCUT2D eigenvalue weighted by Crippen LogP contribution is -2.53. The minimum absolute atomic E-state index is 0.0312. The summed E-state index contributed by atoms with van der Waals surface area (Å²) in [6.45, 7) is 5.49. The molecular formula is C16H20ClN3O5. The molecule has 0 aromatic heterocycles. The number of halogens is 1. The first-order valence-corrected chi connectivity index (χ1v) is 8.30. The van der Waals surface area contributed by atoms with Crippen LogP contribution in [0, 0.1) is 16.0 Å². The van der Waals surface area contributed by atoms with E-state index in [0.29, 0.717) is 26.3 Å². The van der Waals surface area contributed by atoms with E-state index >= 15 is 0 Å². The van der Waals surface area contributed by atoms with Crippen molar-refractivity contribution >= 4 is 29.1 Å². The van der Waals surface area contributed by atoms with Gasteiger partial charge < -0.3 is 15.0 Å². The van der Waals surface area contributed by atoms with Crippen LogP contribution >= 0.6 is 11.6 Å². The van der Waals surface area contributed by atoms with Crippen molar-refractivity contribution in [2.45, 2.75) is 19.9 Å². The zero-order valence-corrected chi connectivity index (χ0v) is 14.8. The normalized spacial score (nSPS) is 15.8. The van der Waals surface area contributed by atoms with E-state index in [1.807, 2.05) is 13.8 Å². The Hall–Kier alpha value is -2.19. The van der Waals surface area contributed by atoms with Crippen molar-refractivity contribution in [3.05, 3.63) is 38.9 Å². The van der Waals surface area contributed by atoms with E-state index in [4.69, 9.17) is 16.3 Å². The van der Waals surface area contributed by atoms with E-state index < -0.39 is 16.9 Å². The molecule has 1 fully saturated rings. The maximum Gasteiger partial charge on any atom is 0.270 e. The van der Waals surface area contributed by atoms with Crippen molar-refractivity contribution < 1.29 is 19.2 Å². The smallest absolute Gasteiger partial charge is 0.270 e. The summed E-state index contributed by atoms with van der Waals surface area (Å²) >= 11 is 5.99. The zero-order valence-electron chi connectivity index (χ0n) is 14.0. The van der Waals surface area contributed by atoms with Gasteiger partial charge in [-0.25, -0.2) is 0 Å². The molecule has 9 heteroatoms. The van der Waals surface area contributed by atoms with Crippen molar-refractivity contribution in [2.75, 3.05) is 26.3 Å². The molecule has 1 atom stereocenters. The molecule has 1 saturated heterocycles. The van der Waals surface area contributed by atoms with Crippen molar-refractivity contribution in [2.24, 2.45) is 5.92 Å². The monoisotopic (exact) mass is 369 g/mol. The minimum atomic E-state index is -0.749. The van der Waals surface area contributed by atoms with Gasteiger partial charge in [-0.1, -0.05) is 25.4 Å². The van der Waals surface area contributed by atoms with Crippen molar-refractivity contribution in [1.82, 2.24) is 10.2 Å². The van der Waals surface area contributed by atoms with Gasteiger partial charge >= 0.3 is 0 Å². The van der Waals surface area contributed by atoms with Crippen LogP contribution in [-0.4, -0.2) is 54.0 Å². The molecule has 1 unspecified atom stereocenters. The van der Waals surface area contributed by atoms with Gasteiger partial charge in [0.05, 0.1) is 28.7 Å². The van der Waals surface area contributed by atoms with Crippen LogP contribution in [0.25, 0.3) is 0 Å². The Morgan fingerprint density at radius 3 is 2.52 bits per heavy atom. The number of hydrogen-bond donors (Lipinski definition) is 1. The van der Waals surface area contributed by atoms with Crippen LogP contribution in [-0.2, 0) is 9.53 Å². The number of nitro benzene ring substituents is 1. The maximum atomic E-state index is 12.7. The number of morpholine rings is 1. The van der Waals surface area contributed by atoms with Gasteiger partial charge in [-0.3, -0.25) is 19.7 Å². The summed E-state index contributed by atoms with van der Waals surface area (Å²) in [5.41, 5.74) is -0.272. The van der Waals surface area contributed by atoms with E-state index in [1.54, 1.807) is 4.90 Å². The van der Waals surface area contributed by atoms with E-state index in [-0.39, 0.29) is 28.1 Å². The number of hydrogen-bond acceptors (Lipinski definition) is 5. The zero-order chi connectivity index (χ0) is 18.6. The van der Waals surface area contributed by atoms with Crippen LogP contribution in [0.5, 0.6) is 0 Å². The first kappa shape index (κ1) is 19.1. The molecule has 0 spiro atoms. The van der Waals surface area contributed by atoms with Gasteiger partial charge in [0.2, 0.25) is 5.91 Å². The Bertz CT molecular complexity index is 674. The summed E-state index contributed by atoms with van der Waals surface area (Å²) in [7, 11) is 0. The molecule has 0 radical (unpaired) electrons. The molecule has 25 heavy (non-hydrogen) atoms. The Morgan fingerprint density at radius 1 is 1.32 bits per heavy atom. The number of nitro groups is 1. The summed E-state index contributed by atoms with van der Waals surface area (Å²) in [5.74, 6) is -0.973. The number of nitrogens with zero attached hydrogens (tertiary/aromatic N) is 2. The summed E-state index contributed by atoms with van der Waals surface area (Å²) in [6.07, 6.45) is 0. The first-order chi connectivity index (χ1) is 11.8. The number of nitrogens with one attached hydrogen (secondary N) is 1. The Kier molecular flexibility index (Phi) is 6.33. The second kappa shape index (κ2) is 8.26. The van der Waals surface area contributed by atoms with Crippen molar-refractivity contribution in [3.8, 4) is 0 Å². The van der Waals surface area contributed by atoms with Gasteiger partial charge in [0.25, 0.3) is 11.6 Å². The van der Waals surface area contributed by atoms with Gasteiger partial charge in [-0.2, -0.15) is 0 Å². The van der Waals surface area contributed by atoms with Crippen LogP contribution in [0.15, 0.2) is 18.2 Å². The summed E-state index contributed by atoms with van der Waals surface area (Å²) in [6, 6.07) is 2.87. The average molecular weight is 370 g/mol. The highest BCUT2D eigenvalue weighted by Gasteiger charge is 2.30. The molecule has 2 rings (SSSR count). The van der Waals surface area contributed by atoms with Crippen LogP contribution in [0.4, 0.5) is 5.69 Å². The SMILES string of the molecule is CC(C)C(NC(=O)c1cc([N+](=O)[O-])ccc1Cl)C(=O)N1CCOCC1. The van der Waals surface area contributed by atoms with Crippen molar-refractivity contribution in [3.63, 3.8) is 0 Å². The van der Waals surface area contributed by atoms with Crippen LogP contribution in [0.1, 0.15) is 24.2 Å². The number of amides is 2. The minimum Gasteiger partial charge on any atom is -0.378 e. The number of non-ortho nitro benzene ring substituents is 1. The van der Waals surface area contributed by atoms with E-state index in [1.165, 1.54) is 12.1 Å². The number of carbonyl (C=O) groups excluding carboxylic acids is 2. The van der Waals surface area contributed by atoms with E-state index in [0.717, 1.165) is 6.07 Å². The Morgan fingerprint density at radius 2 is 1.96 bits per heavy atom. The van der Waals surface area contributed by atoms with Crippen LogP contribution < -0.4 is 5.32 Å². The predicted octanol–water partition coefficient (Wildman–Crippen LogP) is 1.86. The Labute approximate surface area is 150 Å². The third kappa shape index (κ3) is 4.67. The molecule has 0 bridgehead atoms. The number of benzene rings is 1. The fraction of sp³-hybridized carbons (Fsp3) is 0.500. The molecule has 8 nitrogen and oxygen atoms in total. The van der Waals surface area contributed by atoms with Gasteiger partial charge in [-0.15, -0.1) is 0 Å². The first-order valence-electron chi connectivity index (χ1n) is 7.92. The molecule has 1 N–H and O–H groups in total. The molecule has 2 amide bonds. The standard InChI is InChI=1S/C16H20ClN3O5/c1-10(2)14(16(22)19-5-7-25-8-6-19)18-15(21)12-9-11(20(23)24)3-4-13(12)17/h3-4,9-10,14H,5-8H2,1-2H3,(H,18,21). The summed E-state index contributed by atoms with van der Waals surface area (Å²) in [4.78, 5) is 37.1. The molecule has 1 aliphatic rings. The molecule has 1 aromatic carbocycles. The molecule has 0 aliphatic carbocycles. The maximum absolute atomic E-state index is 12.7. The quantitative estimate of drug-likeness (QED) is 0.630. The highest BCUT2D eigenvalue weighted by Crippen LogP contribution is 2.22. The van der Waals surface area contributed by atoms with Crippen LogP contribution in [0.2, 0.25) is 5.02 Å². The van der Waals surface area contributed by atoms with E-state index in [9.17, 15) is 19.7 Å². The average Bonchev–Trinajstić information content (AvgIpc) is 2.59. The molecule has 0 saturated carbocycles. The van der Waals surface area contributed by atoms with Crippen molar-refractivity contribution in [1.29, 1.82) is 0 Å². The highest BCUT2D eigenvalue weighted by atomic mass is 35.5. The summed E-state index contributed by atoms with van der Waals surface area (Å²) in [5, 5.41) is 13.6. The topological polar surface area (TPSA) is 102 Å².